The molecule has 1 amide bonds. The Morgan fingerprint density at radius 3 is 2.45 bits per heavy atom. The Bertz CT molecular complexity index is 527. The number of carbonyl (C=O) groups excluding carboxylic acids is 1. The number of pyridine rings is 1. The molecule has 1 aromatic heterocycles. The lowest BCUT2D eigenvalue weighted by Crippen LogP contribution is -2.35. The Labute approximate surface area is 126 Å². The van der Waals surface area contributed by atoms with Crippen LogP contribution in [0.15, 0.2) is 12.1 Å². The zero-order chi connectivity index (χ0) is 17.0. The van der Waals surface area contributed by atoms with Crippen molar-refractivity contribution in [1.82, 2.24) is 10.3 Å². The number of nitrogens with two attached hydrogens (primary N) is 1. The van der Waals surface area contributed by atoms with E-state index in [9.17, 15) is 18.0 Å². The number of aromatic nitrogens is 1. The number of nitrogens with zero attached hydrogens (tertiary/aromatic N) is 1. The highest BCUT2D eigenvalue weighted by Crippen LogP contribution is 2.33. The van der Waals surface area contributed by atoms with E-state index in [0.717, 1.165) is 0 Å². The molecule has 1 heterocycles. The van der Waals surface area contributed by atoms with Gasteiger partial charge in [-0.1, -0.05) is 0 Å². The van der Waals surface area contributed by atoms with Gasteiger partial charge in [-0.3, -0.25) is 0 Å². The highest BCUT2D eigenvalue weighted by atomic mass is 19.4. The summed E-state index contributed by atoms with van der Waals surface area (Å²) >= 11 is 0. The minimum absolute atomic E-state index is 0.0773. The normalized spacial score (nSPS) is 11.9. The van der Waals surface area contributed by atoms with Crippen molar-refractivity contribution in [2.24, 2.45) is 0 Å². The smallest absolute Gasteiger partial charge is 0.435 e. The second-order valence-corrected chi connectivity index (χ2v) is 5.49. The van der Waals surface area contributed by atoms with Crippen molar-refractivity contribution in [2.45, 2.75) is 32.5 Å². The van der Waals surface area contributed by atoms with Crippen LogP contribution < -0.4 is 16.4 Å². The number of hydrogen-bond donors (Lipinski definition) is 3. The molecular formula is C13H19F3N4O2. The van der Waals surface area contributed by atoms with Crippen LogP contribution in [-0.2, 0) is 10.9 Å². The van der Waals surface area contributed by atoms with Crippen molar-refractivity contribution < 1.29 is 22.7 Å². The van der Waals surface area contributed by atoms with E-state index in [1.165, 1.54) is 12.1 Å². The molecule has 0 bridgehead atoms. The molecule has 0 aliphatic heterocycles. The van der Waals surface area contributed by atoms with Gasteiger partial charge in [0.15, 0.2) is 5.69 Å². The molecule has 0 unspecified atom stereocenters. The van der Waals surface area contributed by atoms with E-state index in [1.807, 2.05) is 0 Å². The molecule has 124 valence electrons. The van der Waals surface area contributed by atoms with Gasteiger partial charge in [0.25, 0.3) is 0 Å². The van der Waals surface area contributed by atoms with Crippen LogP contribution in [-0.4, -0.2) is 29.8 Å². The number of hydrogen-bond acceptors (Lipinski definition) is 5. The fourth-order valence-electron chi connectivity index (χ4n) is 1.51. The molecule has 0 saturated carbocycles. The Morgan fingerprint density at radius 1 is 1.27 bits per heavy atom. The van der Waals surface area contributed by atoms with Gasteiger partial charge >= 0.3 is 12.3 Å². The van der Waals surface area contributed by atoms with Crippen LogP contribution in [0.1, 0.15) is 26.5 Å². The van der Waals surface area contributed by atoms with Crippen molar-refractivity contribution in [2.75, 3.05) is 24.1 Å². The zero-order valence-electron chi connectivity index (χ0n) is 12.5. The number of anilines is 2. The van der Waals surface area contributed by atoms with Gasteiger partial charge in [0.2, 0.25) is 0 Å². The summed E-state index contributed by atoms with van der Waals surface area (Å²) in [6.07, 6.45) is -5.25. The van der Waals surface area contributed by atoms with E-state index in [1.54, 1.807) is 20.8 Å². The van der Waals surface area contributed by atoms with Crippen LogP contribution in [0.2, 0.25) is 0 Å². The quantitative estimate of drug-likeness (QED) is 0.742. The summed E-state index contributed by atoms with van der Waals surface area (Å²) in [4.78, 5) is 14.7. The molecule has 0 saturated heterocycles. The Kier molecular flexibility index (Phi) is 5.45. The van der Waals surface area contributed by atoms with Crippen LogP contribution in [0.4, 0.5) is 29.5 Å². The molecule has 4 N–H and O–H groups in total. The first-order valence-corrected chi connectivity index (χ1v) is 6.53. The minimum Gasteiger partial charge on any atom is -0.444 e. The predicted molar refractivity (Wildman–Crippen MR) is 76.4 cm³/mol. The molecule has 0 aliphatic rings. The monoisotopic (exact) mass is 320 g/mol. The number of alkyl halides is 3. The van der Waals surface area contributed by atoms with Crippen LogP contribution in [0.3, 0.4) is 0 Å². The van der Waals surface area contributed by atoms with Crippen molar-refractivity contribution in [3.05, 3.63) is 17.8 Å². The summed E-state index contributed by atoms with van der Waals surface area (Å²) < 4.78 is 43.4. The average molecular weight is 320 g/mol. The number of nitrogens with one attached hydrogen (secondary N) is 2. The molecule has 0 fully saturated rings. The van der Waals surface area contributed by atoms with E-state index in [4.69, 9.17) is 10.5 Å². The molecule has 1 rings (SSSR count). The summed E-state index contributed by atoms with van der Waals surface area (Å²) in [5.41, 5.74) is 3.33. The van der Waals surface area contributed by atoms with Gasteiger partial charge in [0.1, 0.15) is 11.4 Å². The molecule has 6 nitrogen and oxygen atoms in total. The second kappa shape index (κ2) is 6.71. The van der Waals surface area contributed by atoms with E-state index in [-0.39, 0.29) is 24.6 Å². The van der Waals surface area contributed by atoms with Gasteiger partial charge in [-0.2, -0.15) is 13.2 Å². The molecule has 0 aromatic carbocycles. The average Bonchev–Trinajstić information content (AvgIpc) is 2.32. The van der Waals surface area contributed by atoms with E-state index < -0.39 is 23.6 Å². The van der Waals surface area contributed by atoms with Crippen LogP contribution in [0.5, 0.6) is 0 Å². The number of nitrogen functional groups attached to an aromatic ring is 1. The largest absolute Gasteiger partial charge is 0.444 e. The lowest BCUT2D eigenvalue weighted by atomic mass is 10.2. The second-order valence-electron chi connectivity index (χ2n) is 5.49. The summed E-state index contributed by atoms with van der Waals surface area (Å²) in [5, 5.41) is 4.99. The summed E-state index contributed by atoms with van der Waals surface area (Å²) in [6, 6.07) is 2.46. The minimum atomic E-state index is -4.61. The van der Waals surface area contributed by atoms with Gasteiger partial charge in [-0.15, -0.1) is 0 Å². The van der Waals surface area contributed by atoms with Gasteiger partial charge in [0, 0.05) is 13.1 Å². The Morgan fingerprint density at radius 2 is 1.91 bits per heavy atom. The molecule has 0 atom stereocenters. The molecule has 9 heteroatoms. The fourth-order valence-corrected chi connectivity index (χ4v) is 1.51. The fraction of sp³-hybridized carbons (Fsp3) is 0.538. The first kappa shape index (κ1) is 17.9. The third-order valence-corrected chi connectivity index (χ3v) is 2.29. The maximum atomic E-state index is 12.8. The van der Waals surface area contributed by atoms with E-state index in [2.05, 4.69) is 15.6 Å². The maximum absolute atomic E-state index is 12.8. The van der Waals surface area contributed by atoms with Gasteiger partial charge in [-0.25, -0.2) is 9.78 Å². The van der Waals surface area contributed by atoms with Gasteiger partial charge in [0.05, 0.1) is 5.69 Å². The van der Waals surface area contributed by atoms with Crippen molar-refractivity contribution >= 4 is 17.6 Å². The van der Waals surface area contributed by atoms with Crippen LogP contribution in [0, 0.1) is 0 Å². The molecular weight excluding hydrogens is 301 g/mol. The van der Waals surface area contributed by atoms with Gasteiger partial charge in [-0.05, 0) is 32.9 Å². The zero-order valence-corrected chi connectivity index (χ0v) is 12.5. The maximum Gasteiger partial charge on any atom is 0.435 e. The third kappa shape index (κ3) is 6.06. The number of halogens is 3. The summed E-state index contributed by atoms with van der Waals surface area (Å²) in [7, 11) is 0. The standard InChI is InChI=1S/C13H19F3N4O2/c1-12(2,3)22-11(21)19-7-6-18-8-4-5-9(17)20-10(8)13(14,15)16/h4-5,18H,6-7H2,1-3H3,(H2,17,20)(H,19,21). The molecule has 1 aromatic rings. The lowest BCUT2D eigenvalue weighted by Gasteiger charge is -2.20. The molecule has 0 spiro atoms. The number of amides is 1. The summed E-state index contributed by atoms with van der Waals surface area (Å²) in [5.74, 6) is -0.218. The van der Waals surface area contributed by atoms with Crippen LogP contribution in [0.25, 0.3) is 0 Å². The first-order chi connectivity index (χ1) is 9.99. The number of alkyl carbamates (subject to hydrolysis) is 1. The molecule has 0 radical (unpaired) electrons. The van der Waals surface area contributed by atoms with Crippen molar-refractivity contribution in [3.63, 3.8) is 0 Å². The third-order valence-electron chi connectivity index (χ3n) is 2.29. The molecule has 22 heavy (non-hydrogen) atoms. The van der Waals surface area contributed by atoms with Crippen molar-refractivity contribution in [1.29, 1.82) is 0 Å². The first-order valence-electron chi connectivity index (χ1n) is 6.53. The number of carbonyl (C=O) groups is 1. The van der Waals surface area contributed by atoms with E-state index >= 15 is 0 Å². The predicted octanol–water partition coefficient (Wildman–Crippen LogP) is 2.62. The number of rotatable bonds is 4. The Hall–Kier alpha value is -2.19. The van der Waals surface area contributed by atoms with E-state index in [0.29, 0.717) is 0 Å². The highest BCUT2D eigenvalue weighted by Gasteiger charge is 2.35. The Balaban J connectivity index is 2.54. The summed E-state index contributed by atoms with van der Waals surface area (Å²) in [6.45, 7) is 5.30. The highest BCUT2D eigenvalue weighted by molar-refractivity contribution is 5.67. The number of ether oxygens (including phenoxy) is 1. The van der Waals surface area contributed by atoms with Crippen LogP contribution >= 0.6 is 0 Å². The molecule has 0 aliphatic carbocycles. The lowest BCUT2D eigenvalue weighted by molar-refractivity contribution is -0.140. The topological polar surface area (TPSA) is 89.3 Å². The van der Waals surface area contributed by atoms with Gasteiger partial charge < -0.3 is 21.1 Å². The SMILES string of the molecule is CC(C)(C)OC(=O)NCCNc1ccc(N)nc1C(F)(F)F. The van der Waals surface area contributed by atoms with Crippen molar-refractivity contribution in [3.8, 4) is 0 Å².